The fraction of sp³-hybridized carbons (Fsp3) is 0.105. The van der Waals surface area contributed by atoms with Crippen molar-refractivity contribution in [1.29, 1.82) is 0 Å². The van der Waals surface area contributed by atoms with Gasteiger partial charge in [0.1, 0.15) is 10.6 Å². The zero-order valence-electron chi connectivity index (χ0n) is 14.6. The van der Waals surface area contributed by atoms with Gasteiger partial charge in [-0.05, 0) is 23.6 Å². The van der Waals surface area contributed by atoms with Gasteiger partial charge < -0.3 is 10.1 Å². The number of carbonyl (C=O) groups is 1. The number of carbonyl (C=O) groups excluding carboxylic acids is 1. The highest BCUT2D eigenvalue weighted by Crippen LogP contribution is 2.22. The normalized spacial score (nSPS) is 10.7. The van der Waals surface area contributed by atoms with Gasteiger partial charge in [-0.2, -0.15) is 0 Å². The fourth-order valence-electron chi connectivity index (χ4n) is 2.59. The van der Waals surface area contributed by atoms with Gasteiger partial charge in [0.05, 0.1) is 17.9 Å². The predicted octanol–water partition coefficient (Wildman–Crippen LogP) is 3.07. The first-order valence-electron chi connectivity index (χ1n) is 8.45. The molecule has 3 heterocycles. The second kappa shape index (κ2) is 7.97. The maximum atomic E-state index is 12.3. The van der Waals surface area contributed by atoms with Crippen LogP contribution in [0.4, 0.5) is 5.69 Å². The van der Waals surface area contributed by atoms with Gasteiger partial charge in [-0.3, -0.25) is 19.1 Å². The van der Waals surface area contributed by atoms with Gasteiger partial charge in [0, 0.05) is 37.1 Å². The third-order valence-corrected chi connectivity index (χ3v) is 4.73. The molecule has 0 saturated heterocycles. The van der Waals surface area contributed by atoms with Crippen LogP contribution in [-0.2, 0) is 11.3 Å². The van der Waals surface area contributed by atoms with Gasteiger partial charge in [0.25, 0.3) is 5.56 Å². The summed E-state index contributed by atoms with van der Waals surface area (Å²) in [6, 6.07) is 8.71. The van der Waals surface area contributed by atoms with Crippen molar-refractivity contribution in [2.24, 2.45) is 0 Å². The Labute approximate surface area is 163 Å². The third-order valence-electron chi connectivity index (χ3n) is 3.91. The number of hydrogen-bond donors (Lipinski definition) is 1. The van der Waals surface area contributed by atoms with E-state index in [9.17, 15) is 9.59 Å². The number of benzene rings is 1. The number of ether oxygens (including phenoxy) is 1. The Bertz CT molecular complexity index is 1170. The molecule has 0 spiro atoms. The molecule has 0 bridgehead atoms. The summed E-state index contributed by atoms with van der Waals surface area (Å²) in [6.45, 7) is 0.249. The van der Waals surface area contributed by atoms with Crippen molar-refractivity contribution < 1.29 is 9.53 Å². The third kappa shape index (κ3) is 4.04. The number of fused-ring (bicyclic) bond motifs is 1. The van der Waals surface area contributed by atoms with Crippen LogP contribution >= 0.6 is 11.3 Å². The van der Waals surface area contributed by atoms with E-state index in [1.165, 1.54) is 34.6 Å². The summed E-state index contributed by atoms with van der Waals surface area (Å²) in [5.41, 5.74) is 0.448. The Morgan fingerprint density at radius 3 is 3.00 bits per heavy atom. The fourth-order valence-corrected chi connectivity index (χ4v) is 3.32. The van der Waals surface area contributed by atoms with Crippen LogP contribution in [0.1, 0.15) is 6.42 Å². The van der Waals surface area contributed by atoms with Crippen molar-refractivity contribution in [2.45, 2.75) is 13.0 Å². The second-order valence-corrected chi connectivity index (χ2v) is 6.75. The number of hydrogen-bond acceptors (Lipinski definition) is 7. The molecule has 140 valence electrons. The van der Waals surface area contributed by atoms with E-state index in [1.807, 2.05) is 5.38 Å². The number of rotatable bonds is 6. The molecule has 8 nitrogen and oxygen atoms in total. The van der Waals surface area contributed by atoms with Crippen molar-refractivity contribution in [1.82, 2.24) is 19.5 Å². The lowest BCUT2D eigenvalue weighted by atomic mass is 10.3. The molecule has 1 aromatic carbocycles. The van der Waals surface area contributed by atoms with Crippen molar-refractivity contribution in [3.05, 3.63) is 71.0 Å². The van der Waals surface area contributed by atoms with E-state index in [4.69, 9.17) is 4.74 Å². The summed E-state index contributed by atoms with van der Waals surface area (Å²) in [5.74, 6) is 0.678. The molecule has 0 unspecified atom stereocenters. The van der Waals surface area contributed by atoms with Gasteiger partial charge >= 0.3 is 0 Å². The van der Waals surface area contributed by atoms with E-state index in [2.05, 4.69) is 20.3 Å². The van der Waals surface area contributed by atoms with Crippen molar-refractivity contribution in [3.63, 3.8) is 0 Å². The highest BCUT2D eigenvalue weighted by Gasteiger charge is 2.08. The number of aromatic nitrogens is 4. The van der Waals surface area contributed by atoms with Gasteiger partial charge in [-0.25, -0.2) is 9.97 Å². The summed E-state index contributed by atoms with van der Waals surface area (Å²) in [7, 11) is 0. The number of nitrogens with one attached hydrogen (secondary N) is 1. The first-order chi connectivity index (χ1) is 13.7. The lowest BCUT2D eigenvalue weighted by Gasteiger charge is -2.09. The second-order valence-electron chi connectivity index (χ2n) is 5.85. The van der Waals surface area contributed by atoms with Crippen LogP contribution in [0, 0.1) is 0 Å². The van der Waals surface area contributed by atoms with Gasteiger partial charge in [0.15, 0.2) is 0 Å². The first-order valence-corrected chi connectivity index (χ1v) is 9.33. The van der Waals surface area contributed by atoms with E-state index >= 15 is 0 Å². The number of thiophene rings is 1. The molecule has 0 aliphatic rings. The Morgan fingerprint density at radius 1 is 1.21 bits per heavy atom. The van der Waals surface area contributed by atoms with Crippen LogP contribution in [0.5, 0.6) is 11.6 Å². The lowest BCUT2D eigenvalue weighted by Crippen LogP contribution is -2.23. The molecule has 0 radical (unpaired) electrons. The molecule has 0 aliphatic carbocycles. The largest absolute Gasteiger partial charge is 0.437 e. The standard InChI is InChI=1S/C19H15N5O3S/c25-16(4-8-24-12-22-18-15(19(24)26)5-9-28-18)23-13-2-1-3-14(10-13)27-17-11-20-6-7-21-17/h1-3,5-7,9-12H,4,8H2,(H,23,25). The SMILES string of the molecule is O=C(CCn1cnc2sccc2c1=O)Nc1cccc(Oc2cnccn2)c1. The molecule has 1 amide bonds. The summed E-state index contributed by atoms with van der Waals surface area (Å²) in [6.07, 6.45) is 6.21. The zero-order valence-corrected chi connectivity index (χ0v) is 15.4. The van der Waals surface area contributed by atoms with Crippen LogP contribution in [-0.4, -0.2) is 25.4 Å². The van der Waals surface area contributed by atoms with Crippen molar-refractivity contribution in [2.75, 3.05) is 5.32 Å². The summed E-state index contributed by atoms with van der Waals surface area (Å²) >= 11 is 1.41. The zero-order chi connectivity index (χ0) is 19.3. The number of nitrogens with zero attached hydrogens (tertiary/aromatic N) is 4. The van der Waals surface area contributed by atoms with E-state index in [0.29, 0.717) is 27.5 Å². The molecule has 0 aliphatic heterocycles. The van der Waals surface area contributed by atoms with Crippen LogP contribution < -0.4 is 15.6 Å². The van der Waals surface area contributed by atoms with Crippen LogP contribution in [0.15, 0.2) is 65.4 Å². The van der Waals surface area contributed by atoms with E-state index in [0.717, 1.165) is 0 Å². The highest BCUT2D eigenvalue weighted by molar-refractivity contribution is 7.16. The molecule has 0 atom stereocenters. The molecule has 28 heavy (non-hydrogen) atoms. The molecule has 9 heteroatoms. The number of aryl methyl sites for hydroxylation is 1. The Kier molecular flexibility index (Phi) is 5.07. The lowest BCUT2D eigenvalue weighted by molar-refractivity contribution is -0.116. The molecular formula is C19H15N5O3S. The Hall–Kier alpha value is -3.59. The minimum absolute atomic E-state index is 0.140. The Morgan fingerprint density at radius 2 is 2.14 bits per heavy atom. The highest BCUT2D eigenvalue weighted by atomic mass is 32.1. The first kappa shape index (κ1) is 17.8. The van der Waals surface area contributed by atoms with E-state index in [1.54, 1.807) is 36.5 Å². The monoisotopic (exact) mass is 393 g/mol. The maximum absolute atomic E-state index is 12.3. The molecule has 0 fully saturated rings. The predicted molar refractivity (Wildman–Crippen MR) is 106 cm³/mol. The van der Waals surface area contributed by atoms with Crippen LogP contribution in [0.25, 0.3) is 10.2 Å². The Balaban J connectivity index is 1.39. The molecule has 1 N–H and O–H groups in total. The van der Waals surface area contributed by atoms with Crippen LogP contribution in [0.2, 0.25) is 0 Å². The molecule has 4 rings (SSSR count). The van der Waals surface area contributed by atoms with E-state index in [-0.39, 0.29) is 24.4 Å². The maximum Gasteiger partial charge on any atom is 0.262 e. The average molecular weight is 393 g/mol. The molecule has 0 saturated carbocycles. The van der Waals surface area contributed by atoms with Gasteiger partial charge in [0.2, 0.25) is 11.8 Å². The van der Waals surface area contributed by atoms with Crippen LogP contribution in [0.3, 0.4) is 0 Å². The molecule has 3 aromatic heterocycles. The topological polar surface area (TPSA) is 99.0 Å². The summed E-state index contributed by atoms with van der Waals surface area (Å²) in [4.78, 5) is 37.5. The smallest absolute Gasteiger partial charge is 0.262 e. The minimum atomic E-state index is -0.214. The summed E-state index contributed by atoms with van der Waals surface area (Å²) < 4.78 is 7.05. The molecular weight excluding hydrogens is 378 g/mol. The average Bonchev–Trinajstić information content (AvgIpc) is 3.18. The van der Waals surface area contributed by atoms with E-state index < -0.39 is 0 Å². The number of amides is 1. The molecule has 4 aromatic rings. The van der Waals surface area contributed by atoms with Crippen molar-refractivity contribution >= 4 is 33.1 Å². The number of anilines is 1. The van der Waals surface area contributed by atoms with Crippen molar-refractivity contribution in [3.8, 4) is 11.6 Å². The minimum Gasteiger partial charge on any atom is -0.437 e. The van der Waals surface area contributed by atoms with Gasteiger partial charge in [-0.1, -0.05) is 6.07 Å². The summed E-state index contributed by atoms with van der Waals surface area (Å²) in [5, 5.41) is 5.20. The van der Waals surface area contributed by atoms with Gasteiger partial charge in [-0.15, -0.1) is 11.3 Å². The quantitative estimate of drug-likeness (QED) is 0.540.